The van der Waals surface area contributed by atoms with Crippen LogP contribution in [0, 0.1) is 0 Å². The van der Waals surface area contributed by atoms with Crippen molar-refractivity contribution in [2.24, 2.45) is 4.99 Å². The summed E-state index contributed by atoms with van der Waals surface area (Å²) in [6.07, 6.45) is 2.96. The number of amides is 1. The summed E-state index contributed by atoms with van der Waals surface area (Å²) in [5, 5.41) is 1.37. The third-order valence-corrected chi connectivity index (χ3v) is 5.77. The Bertz CT molecular complexity index is 978. The number of benzene rings is 1. The third-order valence-electron chi connectivity index (χ3n) is 4.94. The van der Waals surface area contributed by atoms with E-state index in [1.165, 1.54) is 17.0 Å². The van der Waals surface area contributed by atoms with Gasteiger partial charge in [0.1, 0.15) is 5.60 Å². The Hall–Kier alpha value is -1.78. The average Bonchev–Trinajstić information content (AvgIpc) is 3.01. The Balaban J connectivity index is 0.00000760. The number of esters is 1. The molecule has 1 aliphatic rings. The van der Waals surface area contributed by atoms with Crippen molar-refractivity contribution in [1.82, 2.24) is 9.79 Å². The van der Waals surface area contributed by atoms with Crippen molar-refractivity contribution in [3.8, 4) is 0 Å². The fourth-order valence-electron chi connectivity index (χ4n) is 3.42. The number of fused-ring (bicyclic) bond motifs is 1. The number of amidine groups is 1. The van der Waals surface area contributed by atoms with Gasteiger partial charge in [0.2, 0.25) is 0 Å². The van der Waals surface area contributed by atoms with Crippen molar-refractivity contribution in [1.29, 1.82) is 0 Å². The summed E-state index contributed by atoms with van der Waals surface area (Å²) in [5.74, 6) is -0.365. The minimum atomic E-state index is -0.485. The topological polar surface area (TPSA) is 122 Å². The maximum absolute atomic E-state index is 13.0. The molecule has 0 bridgehead atoms. The van der Waals surface area contributed by atoms with Gasteiger partial charge in [0.25, 0.3) is 5.91 Å². The van der Waals surface area contributed by atoms with Crippen LogP contribution in [0.2, 0.25) is 0 Å². The van der Waals surface area contributed by atoms with Gasteiger partial charge in [-0.3, -0.25) is 19.1 Å². The number of aliphatic imine (C=N–C) groups is 1. The standard InChI is InChI=1S/C27H42N4O6S.Pd/c1-6-12-31(36-7-2)26(33)21-17-20-18-22(8-9-23(20)30-24(28)19-21)38-29-11-14-35-16-15-34-13-10-25(32)37-27(3,4)5;/h8-9,17-18,29H,6-7,10-16,19H2,1-5H3,(H2,28,30,33);/p-1. The quantitative estimate of drug-likeness (QED) is 0.0858. The predicted molar refractivity (Wildman–Crippen MR) is 150 cm³/mol. The minimum Gasteiger partial charge on any atom is -0.485 e. The Morgan fingerprint density at radius 2 is 1.85 bits per heavy atom. The Morgan fingerprint density at radius 3 is 2.51 bits per heavy atom. The molecule has 0 saturated carbocycles. The zero-order valence-electron chi connectivity index (χ0n) is 23.4. The molecule has 12 heteroatoms. The SMILES string of the molecule is CCCN(OCC)C(=O)C1=Cc2cc(SNCCOCCOCCC(=O)OC(C)(C)C)ccc2N=C([NH-])C1.[Pd]. The summed E-state index contributed by atoms with van der Waals surface area (Å²) in [4.78, 5) is 35.5. The first-order valence-corrected chi connectivity index (χ1v) is 13.8. The van der Waals surface area contributed by atoms with E-state index in [0.717, 1.165) is 16.9 Å². The molecule has 2 rings (SSSR count). The number of ether oxygens (including phenoxy) is 3. The van der Waals surface area contributed by atoms with Gasteiger partial charge in [0.05, 0.1) is 39.5 Å². The smallest absolute Gasteiger partial charge is 0.308 e. The molecular formula is C27H41N4O6PdS-. The summed E-state index contributed by atoms with van der Waals surface area (Å²) in [6, 6.07) is 5.73. The maximum atomic E-state index is 13.0. The van der Waals surface area contributed by atoms with Crippen LogP contribution in [0.15, 0.2) is 33.7 Å². The van der Waals surface area contributed by atoms with Gasteiger partial charge in [0, 0.05) is 44.0 Å². The molecule has 222 valence electrons. The van der Waals surface area contributed by atoms with Crippen molar-refractivity contribution in [2.75, 3.05) is 46.1 Å². The fraction of sp³-hybridized carbons (Fsp3) is 0.593. The van der Waals surface area contributed by atoms with Gasteiger partial charge in [-0.05, 0) is 81.9 Å². The van der Waals surface area contributed by atoms with Gasteiger partial charge in [-0.1, -0.05) is 18.8 Å². The van der Waals surface area contributed by atoms with Gasteiger partial charge >= 0.3 is 5.97 Å². The second kappa shape index (κ2) is 18.5. The van der Waals surface area contributed by atoms with E-state index in [0.29, 0.717) is 57.4 Å². The first-order valence-electron chi connectivity index (χ1n) is 13.0. The summed E-state index contributed by atoms with van der Waals surface area (Å²) < 4.78 is 19.5. The molecule has 1 heterocycles. The van der Waals surface area contributed by atoms with Gasteiger partial charge in [0.15, 0.2) is 0 Å². The van der Waals surface area contributed by atoms with Crippen molar-refractivity contribution in [2.45, 2.75) is 64.4 Å². The van der Waals surface area contributed by atoms with E-state index in [-0.39, 0.29) is 51.0 Å². The number of hydroxylamine groups is 2. The van der Waals surface area contributed by atoms with Crippen LogP contribution < -0.4 is 4.72 Å². The van der Waals surface area contributed by atoms with Gasteiger partial charge in [-0.2, -0.15) is 0 Å². The zero-order chi connectivity index (χ0) is 28.0. The zero-order valence-corrected chi connectivity index (χ0v) is 25.8. The first kappa shape index (κ1) is 35.2. The Kier molecular flexibility index (Phi) is 16.8. The summed E-state index contributed by atoms with van der Waals surface area (Å²) in [5.41, 5.74) is 9.63. The van der Waals surface area contributed by atoms with Gasteiger partial charge in [-0.25, -0.2) is 5.06 Å². The van der Waals surface area contributed by atoms with Gasteiger partial charge in [-0.15, -0.1) is 0 Å². The number of rotatable bonds is 16. The number of carbonyl (C=O) groups excluding carboxylic acids is 2. The predicted octanol–water partition coefficient (Wildman–Crippen LogP) is 5.11. The van der Waals surface area contributed by atoms with E-state index in [2.05, 4.69) is 9.71 Å². The summed E-state index contributed by atoms with van der Waals surface area (Å²) in [6.45, 7) is 12.5. The van der Waals surface area contributed by atoms with Crippen LogP contribution in [0.25, 0.3) is 11.8 Å². The monoisotopic (exact) mass is 655 g/mol. The molecule has 39 heavy (non-hydrogen) atoms. The molecule has 1 aliphatic heterocycles. The van der Waals surface area contributed by atoms with Crippen LogP contribution in [0.4, 0.5) is 5.69 Å². The van der Waals surface area contributed by atoms with Crippen LogP contribution >= 0.6 is 11.9 Å². The molecule has 0 radical (unpaired) electrons. The van der Waals surface area contributed by atoms with Gasteiger partial charge < -0.3 is 24.9 Å². The molecule has 0 aromatic heterocycles. The molecule has 1 amide bonds. The molecule has 0 saturated heterocycles. The van der Waals surface area contributed by atoms with E-state index in [9.17, 15) is 9.59 Å². The molecule has 2 N–H and O–H groups in total. The number of carbonyl (C=O) groups is 2. The molecule has 1 aromatic carbocycles. The van der Waals surface area contributed by atoms with Crippen molar-refractivity contribution in [3.63, 3.8) is 0 Å². The van der Waals surface area contributed by atoms with Crippen molar-refractivity contribution in [3.05, 3.63) is 35.1 Å². The largest absolute Gasteiger partial charge is 0.485 e. The van der Waals surface area contributed by atoms with E-state index in [1.54, 1.807) is 6.08 Å². The maximum Gasteiger partial charge on any atom is 0.308 e. The second-order valence-electron chi connectivity index (χ2n) is 9.51. The second-order valence-corrected chi connectivity index (χ2v) is 10.5. The number of nitrogens with one attached hydrogen (secondary N) is 2. The Labute approximate surface area is 250 Å². The van der Waals surface area contributed by atoms with Crippen molar-refractivity contribution < 1.29 is 49.1 Å². The molecule has 10 nitrogen and oxygen atoms in total. The number of nitrogens with zero attached hydrogens (tertiary/aromatic N) is 2. The minimum absolute atomic E-state index is 0. The molecule has 0 unspecified atom stereocenters. The Morgan fingerprint density at radius 1 is 1.13 bits per heavy atom. The number of hydrogen-bond donors (Lipinski definition) is 1. The molecule has 0 atom stereocenters. The fourth-order valence-corrected chi connectivity index (χ4v) is 4.09. The van der Waals surface area contributed by atoms with Crippen LogP contribution in [0.5, 0.6) is 0 Å². The summed E-state index contributed by atoms with van der Waals surface area (Å²) in [7, 11) is 0. The first-order chi connectivity index (χ1) is 18.1. The van der Waals surface area contributed by atoms with Crippen LogP contribution in [-0.2, 0) is 49.1 Å². The van der Waals surface area contributed by atoms with E-state index >= 15 is 0 Å². The summed E-state index contributed by atoms with van der Waals surface area (Å²) >= 11 is 1.46. The molecular weight excluding hydrogens is 615 g/mol. The number of hydrogen-bond acceptors (Lipinski definition) is 9. The third kappa shape index (κ3) is 13.9. The van der Waals surface area contributed by atoms with Crippen LogP contribution in [0.3, 0.4) is 0 Å². The van der Waals surface area contributed by atoms with E-state index < -0.39 is 5.60 Å². The van der Waals surface area contributed by atoms with Crippen molar-refractivity contribution >= 4 is 41.4 Å². The molecule has 0 fully saturated rings. The van der Waals surface area contributed by atoms with E-state index in [4.69, 9.17) is 24.8 Å². The van der Waals surface area contributed by atoms with Crippen LogP contribution in [0.1, 0.15) is 59.4 Å². The van der Waals surface area contributed by atoms with Crippen LogP contribution in [-0.4, -0.2) is 74.5 Å². The molecule has 1 aromatic rings. The normalized spacial score (nSPS) is 12.9. The molecule has 0 aliphatic carbocycles. The molecule has 0 spiro atoms. The van der Waals surface area contributed by atoms with E-state index in [1.807, 2.05) is 52.8 Å². The average molecular weight is 656 g/mol.